The van der Waals surface area contributed by atoms with Crippen molar-refractivity contribution in [3.05, 3.63) is 29.8 Å². The van der Waals surface area contributed by atoms with Crippen molar-refractivity contribution < 1.29 is 14.3 Å². The van der Waals surface area contributed by atoms with Crippen LogP contribution < -0.4 is 4.74 Å². The molecule has 1 heterocycles. The average Bonchev–Trinajstić information content (AvgIpc) is 2.57. The lowest BCUT2D eigenvalue weighted by molar-refractivity contribution is -0.138. The first-order valence-electron chi connectivity index (χ1n) is 10.8. The maximum atomic E-state index is 12.4. The van der Waals surface area contributed by atoms with E-state index in [4.69, 9.17) is 9.47 Å². The predicted octanol–water partition coefficient (Wildman–Crippen LogP) is 5.41. The number of carbonyl (C=O) groups excluding carboxylic acids is 1. The number of rotatable bonds is 8. The van der Waals surface area contributed by atoms with Crippen LogP contribution in [0.2, 0.25) is 0 Å². The number of nitrogens with zero attached hydrogens (tertiary/aromatic N) is 1. The third-order valence-electron chi connectivity index (χ3n) is 5.68. The fraction of sp³-hybridized carbons (Fsp3) is 0.708. The summed E-state index contributed by atoms with van der Waals surface area (Å²) in [5.41, 5.74) is 1.17. The zero-order chi connectivity index (χ0) is 20.9. The van der Waals surface area contributed by atoms with E-state index in [2.05, 4.69) is 56.9 Å². The van der Waals surface area contributed by atoms with Crippen molar-refractivity contribution in [1.82, 2.24) is 4.90 Å². The molecule has 0 aromatic heterocycles. The SMILES string of the molecule is CC(=O)N(CCC(c1ccc(OC(C)C)cc1)C(C)C)C1CCOC(C)(C)C1. The van der Waals surface area contributed by atoms with Crippen molar-refractivity contribution in [2.45, 2.75) is 91.4 Å². The van der Waals surface area contributed by atoms with Crippen molar-refractivity contribution in [1.29, 1.82) is 0 Å². The van der Waals surface area contributed by atoms with Crippen LogP contribution >= 0.6 is 0 Å². The van der Waals surface area contributed by atoms with E-state index in [1.165, 1.54) is 5.56 Å². The molecule has 0 aliphatic carbocycles. The van der Waals surface area contributed by atoms with Crippen LogP contribution in [0.15, 0.2) is 24.3 Å². The van der Waals surface area contributed by atoms with Crippen LogP contribution in [0.1, 0.15) is 79.2 Å². The molecule has 1 aliphatic rings. The van der Waals surface area contributed by atoms with Crippen LogP contribution in [0, 0.1) is 5.92 Å². The second-order valence-electron chi connectivity index (χ2n) is 9.34. The Morgan fingerprint density at radius 1 is 1.21 bits per heavy atom. The standard InChI is InChI=1S/C24H39NO3/c1-17(2)23(20-8-10-22(11-9-20)28-18(3)4)12-14-25(19(5)26)21-13-15-27-24(6,7)16-21/h8-11,17-18,21,23H,12-16H2,1-7H3. The topological polar surface area (TPSA) is 38.8 Å². The average molecular weight is 390 g/mol. The summed E-state index contributed by atoms with van der Waals surface area (Å²) in [6.07, 6.45) is 2.98. The molecule has 0 saturated carbocycles. The van der Waals surface area contributed by atoms with Gasteiger partial charge in [0.25, 0.3) is 0 Å². The van der Waals surface area contributed by atoms with Gasteiger partial charge in [-0.15, -0.1) is 0 Å². The Kier molecular flexibility index (Phi) is 7.94. The number of hydrogen-bond acceptors (Lipinski definition) is 3. The van der Waals surface area contributed by atoms with Crippen molar-refractivity contribution in [2.24, 2.45) is 5.92 Å². The van der Waals surface area contributed by atoms with Crippen LogP contribution in [0.25, 0.3) is 0 Å². The van der Waals surface area contributed by atoms with Gasteiger partial charge in [0.2, 0.25) is 5.91 Å². The van der Waals surface area contributed by atoms with Gasteiger partial charge in [-0.25, -0.2) is 0 Å². The first-order valence-corrected chi connectivity index (χ1v) is 10.8. The summed E-state index contributed by atoms with van der Waals surface area (Å²) in [6.45, 7) is 16.1. The van der Waals surface area contributed by atoms with Crippen LogP contribution in [0.3, 0.4) is 0 Å². The van der Waals surface area contributed by atoms with E-state index in [1.807, 2.05) is 13.8 Å². The number of amides is 1. The lowest BCUT2D eigenvalue weighted by atomic mass is 9.85. The highest BCUT2D eigenvalue weighted by Crippen LogP contribution is 2.32. The predicted molar refractivity (Wildman–Crippen MR) is 115 cm³/mol. The molecule has 1 fully saturated rings. The fourth-order valence-corrected chi connectivity index (χ4v) is 4.29. The lowest BCUT2D eigenvalue weighted by Gasteiger charge is -2.41. The summed E-state index contributed by atoms with van der Waals surface area (Å²) in [5.74, 6) is 2.02. The minimum absolute atomic E-state index is 0.152. The Morgan fingerprint density at radius 2 is 1.86 bits per heavy atom. The molecule has 1 amide bonds. The van der Waals surface area contributed by atoms with Gasteiger partial charge in [0.05, 0.1) is 11.7 Å². The van der Waals surface area contributed by atoms with Gasteiger partial charge in [-0.05, 0) is 76.5 Å². The van der Waals surface area contributed by atoms with Gasteiger partial charge in [0, 0.05) is 26.1 Å². The summed E-state index contributed by atoms with van der Waals surface area (Å²) >= 11 is 0. The lowest BCUT2D eigenvalue weighted by Crippen LogP contribution is -2.48. The van der Waals surface area contributed by atoms with Gasteiger partial charge in [0.1, 0.15) is 5.75 Å². The first-order chi connectivity index (χ1) is 13.1. The molecule has 158 valence electrons. The number of benzene rings is 1. The molecule has 28 heavy (non-hydrogen) atoms. The molecule has 0 bridgehead atoms. The minimum atomic E-state index is -0.152. The van der Waals surface area contributed by atoms with Gasteiger partial charge in [-0.3, -0.25) is 4.79 Å². The summed E-state index contributed by atoms with van der Waals surface area (Å²) in [5, 5.41) is 0. The number of carbonyl (C=O) groups is 1. The van der Waals surface area contributed by atoms with E-state index < -0.39 is 0 Å². The van der Waals surface area contributed by atoms with Gasteiger partial charge in [-0.1, -0.05) is 26.0 Å². The summed E-state index contributed by atoms with van der Waals surface area (Å²) in [7, 11) is 0. The zero-order valence-electron chi connectivity index (χ0n) is 18.8. The Bertz CT molecular complexity index is 621. The van der Waals surface area contributed by atoms with Crippen LogP contribution in [0.4, 0.5) is 0 Å². The first kappa shape index (κ1) is 22.7. The van der Waals surface area contributed by atoms with E-state index in [0.717, 1.165) is 38.2 Å². The molecule has 0 spiro atoms. The Hall–Kier alpha value is -1.55. The number of ether oxygens (including phenoxy) is 2. The van der Waals surface area contributed by atoms with Crippen LogP contribution in [0.5, 0.6) is 5.75 Å². The van der Waals surface area contributed by atoms with E-state index in [1.54, 1.807) is 6.92 Å². The molecule has 2 atom stereocenters. The Balaban J connectivity index is 2.07. The second-order valence-corrected chi connectivity index (χ2v) is 9.34. The molecule has 1 saturated heterocycles. The molecule has 4 nitrogen and oxygen atoms in total. The molecule has 2 unspecified atom stereocenters. The van der Waals surface area contributed by atoms with Gasteiger partial charge in [0.15, 0.2) is 0 Å². The van der Waals surface area contributed by atoms with Gasteiger partial charge >= 0.3 is 0 Å². The minimum Gasteiger partial charge on any atom is -0.491 e. The van der Waals surface area contributed by atoms with Gasteiger partial charge in [-0.2, -0.15) is 0 Å². The second kappa shape index (κ2) is 9.78. The largest absolute Gasteiger partial charge is 0.491 e. The summed E-state index contributed by atoms with van der Waals surface area (Å²) in [6, 6.07) is 8.76. The smallest absolute Gasteiger partial charge is 0.219 e. The molecule has 4 heteroatoms. The third-order valence-corrected chi connectivity index (χ3v) is 5.68. The monoisotopic (exact) mass is 389 g/mol. The highest BCUT2D eigenvalue weighted by molar-refractivity contribution is 5.73. The number of hydrogen-bond donors (Lipinski definition) is 0. The Labute approximate surface area is 171 Å². The van der Waals surface area contributed by atoms with E-state index in [9.17, 15) is 4.79 Å². The van der Waals surface area contributed by atoms with E-state index >= 15 is 0 Å². The van der Waals surface area contributed by atoms with E-state index in [0.29, 0.717) is 11.8 Å². The normalized spacial score (nSPS) is 20.2. The quantitative estimate of drug-likeness (QED) is 0.597. The molecular formula is C24H39NO3. The molecule has 0 radical (unpaired) electrons. The van der Waals surface area contributed by atoms with Crippen molar-refractivity contribution in [3.63, 3.8) is 0 Å². The Morgan fingerprint density at radius 3 is 2.36 bits per heavy atom. The highest BCUT2D eigenvalue weighted by atomic mass is 16.5. The van der Waals surface area contributed by atoms with Crippen LogP contribution in [-0.4, -0.2) is 41.7 Å². The molecule has 0 N–H and O–H groups in total. The van der Waals surface area contributed by atoms with Gasteiger partial charge < -0.3 is 14.4 Å². The van der Waals surface area contributed by atoms with Crippen molar-refractivity contribution >= 4 is 5.91 Å². The zero-order valence-corrected chi connectivity index (χ0v) is 18.8. The molecule has 1 aromatic carbocycles. The third kappa shape index (κ3) is 6.51. The molecular weight excluding hydrogens is 350 g/mol. The van der Waals surface area contributed by atoms with Crippen molar-refractivity contribution in [2.75, 3.05) is 13.2 Å². The van der Waals surface area contributed by atoms with Crippen LogP contribution in [-0.2, 0) is 9.53 Å². The maximum absolute atomic E-state index is 12.4. The molecule has 1 aromatic rings. The highest BCUT2D eigenvalue weighted by Gasteiger charge is 2.33. The fourth-order valence-electron chi connectivity index (χ4n) is 4.29. The molecule has 1 aliphatic heterocycles. The van der Waals surface area contributed by atoms with Crippen molar-refractivity contribution in [3.8, 4) is 5.75 Å². The summed E-state index contributed by atoms with van der Waals surface area (Å²) < 4.78 is 11.6. The van der Waals surface area contributed by atoms with E-state index in [-0.39, 0.29) is 23.7 Å². The summed E-state index contributed by atoms with van der Waals surface area (Å²) in [4.78, 5) is 14.5. The maximum Gasteiger partial charge on any atom is 0.219 e. The molecule has 2 rings (SSSR count).